The molecule has 1 aromatic rings. The molecule has 0 bridgehead atoms. The van der Waals surface area contributed by atoms with E-state index < -0.39 is 17.7 Å². The van der Waals surface area contributed by atoms with Gasteiger partial charge in [-0.1, -0.05) is 12.1 Å². The Labute approximate surface area is 130 Å². The van der Waals surface area contributed by atoms with Gasteiger partial charge in [0.15, 0.2) is 0 Å². The van der Waals surface area contributed by atoms with E-state index in [0.29, 0.717) is 18.8 Å². The summed E-state index contributed by atoms with van der Waals surface area (Å²) < 4.78 is 9.99. The van der Waals surface area contributed by atoms with Gasteiger partial charge in [-0.2, -0.15) is 0 Å². The van der Waals surface area contributed by atoms with E-state index in [4.69, 9.17) is 9.47 Å². The smallest absolute Gasteiger partial charge is 0.407 e. The predicted octanol–water partition coefficient (Wildman–Crippen LogP) is 2.80. The van der Waals surface area contributed by atoms with Gasteiger partial charge in [-0.3, -0.25) is 0 Å². The molecule has 1 rings (SSSR count). The lowest BCUT2D eigenvalue weighted by atomic mass is 10.2. The highest BCUT2D eigenvalue weighted by Gasteiger charge is 2.15. The maximum Gasteiger partial charge on any atom is 0.407 e. The molecule has 0 aliphatic heterocycles. The highest BCUT2D eigenvalue weighted by molar-refractivity contribution is 5.87. The normalized spacial score (nSPS) is 11.3. The number of alkyl carbamates (subject to hydrolysis) is 1. The van der Waals surface area contributed by atoms with Crippen molar-refractivity contribution in [3.63, 3.8) is 0 Å². The van der Waals surface area contributed by atoms with Crippen molar-refractivity contribution >= 4 is 18.1 Å². The number of carbonyl (C=O) groups excluding carboxylic acids is 2. The fourth-order valence-corrected chi connectivity index (χ4v) is 1.50. The number of amides is 1. The summed E-state index contributed by atoms with van der Waals surface area (Å²) in [5.41, 5.74) is 0.337. The Bertz CT molecular complexity index is 547. The molecule has 1 amide bonds. The molecule has 1 N–H and O–H groups in total. The molecule has 0 unspecified atom stereocenters. The third-order valence-electron chi connectivity index (χ3n) is 2.31. The number of aromatic nitrogens is 1. The SMILES string of the molecule is CCOC(=O)c1cccc(C=CCNC(=O)OC(C)(C)C)n1. The van der Waals surface area contributed by atoms with Crippen LogP contribution in [0.4, 0.5) is 4.79 Å². The molecular formula is C16H22N2O4. The minimum Gasteiger partial charge on any atom is -0.461 e. The second-order valence-electron chi connectivity index (χ2n) is 5.45. The van der Waals surface area contributed by atoms with Gasteiger partial charge in [-0.05, 0) is 45.9 Å². The Kier molecular flexibility index (Phi) is 6.56. The number of carbonyl (C=O) groups is 2. The first-order chi connectivity index (χ1) is 10.3. The monoisotopic (exact) mass is 306 g/mol. The maximum absolute atomic E-state index is 11.6. The maximum atomic E-state index is 11.6. The Balaban J connectivity index is 2.51. The van der Waals surface area contributed by atoms with E-state index in [1.807, 2.05) is 0 Å². The van der Waals surface area contributed by atoms with Crippen molar-refractivity contribution in [2.45, 2.75) is 33.3 Å². The van der Waals surface area contributed by atoms with Crippen molar-refractivity contribution in [2.75, 3.05) is 13.2 Å². The van der Waals surface area contributed by atoms with Gasteiger partial charge in [0.05, 0.1) is 12.3 Å². The van der Waals surface area contributed by atoms with E-state index in [1.165, 1.54) is 0 Å². The van der Waals surface area contributed by atoms with Gasteiger partial charge in [-0.25, -0.2) is 14.6 Å². The third kappa shape index (κ3) is 6.88. The lowest BCUT2D eigenvalue weighted by Crippen LogP contribution is -2.32. The minimum absolute atomic E-state index is 0.254. The molecular weight excluding hydrogens is 284 g/mol. The van der Waals surface area contributed by atoms with E-state index >= 15 is 0 Å². The first-order valence-corrected chi connectivity index (χ1v) is 7.09. The van der Waals surface area contributed by atoms with Crippen LogP contribution in [0.1, 0.15) is 43.9 Å². The van der Waals surface area contributed by atoms with Crippen molar-refractivity contribution in [3.8, 4) is 0 Å². The molecule has 0 spiro atoms. The molecule has 6 nitrogen and oxygen atoms in total. The molecule has 0 aliphatic rings. The molecule has 0 atom stereocenters. The van der Waals surface area contributed by atoms with Crippen LogP contribution in [0.25, 0.3) is 6.08 Å². The topological polar surface area (TPSA) is 77.5 Å². The summed E-state index contributed by atoms with van der Waals surface area (Å²) in [5, 5.41) is 2.60. The Hall–Kier alpha value is -2.37. The minimum atomic E-state index is -0.524. The van der Waals surface area contributed by atoms with Crippen LogP contribution in [0.15, 0.2) is 24.3 Å². The number of nitrogens with zero attached hydrogens (tertiary/aromatic N) is 1. The first-order valence-electron chi connectivity index (χ1n) is 7.09. The summed E-state index contributed by atoms with van der Waals surface area (Å²) in [4.78, 5) is 27.2. The molecule has 0 saturated carbocycles. The quantitative estimate of drug-likeness (QED) is 0.846. The number of hydrogen-bond donors (Lipinski definition) is 1. The van der Waals surface area contributed by atoms with E-state index in [0.717, 1.165) is 0 Å². The summed E-state index contributed by atoms with van der Waals surface area (Å²) in [6.45, 7) is 7.75. The van der Waals surface area contributed by atoms with E-state index in [9.17, 15) is 9.59 Å². The van der Waals surface area contributed by atoms with Crippen LogP contribution >= 0.6 is 0 Å². The molecule has 0 radical (unpaired) electrons. The fraction of sp³-hybridized carbons (Fsp3) is 0.438. The van der Waals surface area contributed by atoms with Gasteiger partial charge in [0.1, 0.15) is 11.3 Å². The van der Waals surface area contributed by atoms with Crippen molar-refractivity contribution in [3.05, 3.63) is 35.7 Å². The van der Waals surface area contributed by atoms with Crippen molar-refractivity contribution in [2.24, 2.45) is 0 Å². The third-order valence-corrected chi connectivity index (χ3v) is 2.31. The van der Waals surface area contributed by atoms with Gasteiger partial charge in [0.25, 0.3) is 0 Å². The number of hydrogen-bond acceptors (Lipinski definition) is 5. The summed E-state index contributed by atoms with van der Waals surface area (Å²) >= 11 is 0. The number of esters is 1. The summed E-state index contributed by atoms with van der Waals surface area (Å²) in [6.07, 6.45) is 2.95. The molecule has 0 saturated heterocycles. The molecule has 0 aromatic carbocycles. The number of rotatable bonds is 5. The van der Waals surface area contributed by atoms with E-state index in [-0.39, 0.29) is 5.69 Å². The Morgan fingerprint density at radius 1 is 1.32 bits per heavy atom. The van der Waals surface area contributed by atoms with Crippen LogP contribution in [-0.2, 0) is 9.47 Å². The van der Waals surface area contributed by atoms with Crippen molar-refractivity contribution in [1.29, 1.82) is 0 Å². The largest absolute Gasteiger partial charge is 0.461 e. The zero-order chi connectivity index (χ0) is 16.6. The highest BCUT2D eigenvalue weighted by Crippen LogP contribution is 2.06. The molecule has 1 heterocycles. The second-order valence-corrected chi connectivity index (χ2v) is 5.45. The van der Waals surface area contributed by atoms with Gasteiger partial charge < -0.3 is 14.8 Å². The number of nitrogens with one attached hydrogen (secondary N) is 1. The zero-order valence-electron chi connectivity index (χ0n) is 13.4. The summed E-state index contributed by atoms with van der Waals surface area (Å²) in [5.74, 6) is -0.454. The van der Waals surface area contributed by atoms with Crippen LogP contribution in [-0.4, -0.2) is 35.8 Å². The zero-order valence-corrected chi connectivity index (χ0v) is 13.4. The Morgan fingerprint density at radius 2 is 2.05 bits per heavy atom. The van der Waals surface area contributed by atoms with Crippen molar-refractivity contribution in [1.82, 2.24) is 10.3 Å². The second kappa shape index (κ2) is 8.17. The number of pyridine rings is 1. The van der Waals surface area contributed by atoms with Gasteiger partial charge in [0.2, 0.25) is 0 Å². The fourth-order valence-electron chi connectivity index (χ4n) is 1.50. The average molecular weight is 306 g/mol. The number of ether oxygens (including phenoxy) is 2. The van der Waals surface area contributed by atoms with Gasteiger partial charge in [0, 0.05) is 6.54 Å². The molecule has 120 valence electrons. The highest BCUT2D eigenvalue weighted by atomic mass is 16.6. The molecule has 0 fully saturated rings. The first kappa shape index (κ1) is 17.7. The van der Waals surface area contributed by atoms with Crippen LogP contribution in [0, 0.1) is 0 Å². The Morgan fingerprint density at radius 3 is 2.68 bits per heavy atom. The van der Waals surface area contributed by atoms with Gasteiger partial charge in [-0.15, -0.1) is 0 Å². The predicted molar refractivity (Wildman–Crippen MR) is 83.5 cm³/mol. The molecule has 1 aromatic heterocycles. The molecule has 0 aliphatic carbocycles. The summed E-state index contributed by atoms with van der Waals surface area (Å²) in [6, 6.07) is 5.07. The van der Waals surface area contributed by atoms with Crippen LogP contribution < -0.4 is 5.32 Å². The lowest BCUT2D eigenvalue weighted by Gasteiger charge is -2.19. The molecule has 6 heteroatoms. The van der Waals surface area contributed by atoms with Crippen LogP contribution in [0.3, 0.4) is 0 Å². The van der Waals surface area contributed by atoms with E-state index in [2.05, 4.69) is 10.3 Å². The average Bonchev–Trinajstić information content (AvgIpc) is 2.42. The lowest BCUT2D eigenvalue weighted by molar-refractivity contribution is 0.0514. The van der Waals surface area contributed by atoms with E-state index in [1.54, 1.807) is 58.0 Å². The van der Waals surface area contributed by atoms with Gasteiger partial charge >= 0.3 is 12.1 Å². The summed E-state index contributed by atoms with van der Waals surface area (Å²) in [7, 11) is 0. The van der Waals surface area contributed by atoms with Crippen LogP contribution in [0.2, 0.25) is 0 Å². The van der Waals surface area contributed by atoms with Crippen molar-refractivity contribution < 1.29 is 19.1 Å². The standard InChI is InChI=1S/C16H22N2O4/c1-5-21-14(19)13-10-6-8-12(18-13)9-7-11-17-15(20)22-16(2,3)4/h6-10H,5,11H2,1-4H3,(H,17,20). The molecule has 22 heavy (non-hydrogen) atoms. The van der Waals surface area contributed by atoms with Crippen LogP contribution in [0.5, 0.6) is 0 Å².